The van der Waals surface area contributed by atoms with Crippen LogP contribution in [0.25, 0.3) is 0 Å². The molecule has 0 bridgehead atoms. The van der Waals surface area contributed by atoms with Gasteiger partial charge in [-0.3, -0.25) is 4.79 Å². The molecule has 2 nitrogen and oxygen atoms in total. The second kappa shape index (κ2) is 5.81. The molecule has 2 heteroatoms. The van der Waals surface area contributed by atoms with E-state index in [-0.39, 0.29) is 11.5 Å². The fraction of sp³-hybridized carbons (Fsp3) is 0.929. The summed E-state index contributed by atoms with van der Waals surface area (Å²) in [7, 11) is 0. The predicted molar refractivity (Wildman–Crippen MR) is 66.5 cm³/mol. The Labute approximate surface area is 99.8 Å². The lowest BCUT2D eigenvalue weighted by atomic mass is 9.61. The van der Waals surface area contributed by atoms with E-state index < -0.39 is 0 Å². The van der Waals surface area contributed by atoms with Gasteiger partial charge in [0.25, 0.3) is 0 Å². The van der Waals surface area contributed by atoms with Gasteiger partial charge in [0.05, 0.1) is 11.5 Å². The van der Waals surface area contributed by atoms with Crippen molar-refractivity contribution in [2.24, 2.45) is 11.3 Å². The van der Waals surface area contributed by atoms with Crippen LogP contribution in [0.2, 0.25) is 0 Å². The Bertz CT molecular complexity index is 231. The van der Waals surface area contributed by atoms with Crippen molar-refractivity contribution >= 4 is 5.78 Å². The van der Waals surface area contributed by atoms with Crippen molar-refractivity contribution in [3.8, 4) is 0 Å². The predicted octanol–water partition coefficient (Wildman–Crippen LogP) is 3.59. The van der Waals surface area contributed by atoms with Gasteiger partial charge in [0, 0.05) is 13.0 Å². The Morgan fingerprint density at radius 1 is 1.38 bits per heavy atom. The zero-order valence-corrected chi connectivity index (χ0v) is 11.2. The van der Waals surface area contributed by atoms with E-state index in [9.17, 15) is 4.79 Å². The minimum absolute atomic E-state index is 0.147. The number of hydrogen-bond donors (Lipinski definition) is 0. The van der Waals surface area contributed by atoms with Gasteiger partial charge >= 0.3 is 0 Å². The van der Waals surface area contributed by atoms with Gasteiger partial charge in [-0.2, -0.15) is 0 Å². The first-order chi connectivity index (χ1) is 7.60. The Morgan fingerprint density at radius 3 is 2.44 bits per heavy atom. The van der Waals surface area contributed by atoms with Gasteiger partial charge in [-0.1, -0.05) is 34.1 Å². The molecule has 0 radical (unpaired) electrons. The minimum atomic E-state index is -0.147. The summed E-state index contributed by atoms with van der Waals surface area (Å²) in [5, 5.41) is 0. The summed E-state index contributed by atoms with van der Waals surface area (Å²) >= 11 is 0. The summed E-state index contributed by atoms with van der Waals surface area (Å²) in [6.07, 6.45) is 5.10. The van der Waals surface area contributed by atoms with Crippen LogP contribution in [0.1, 0.15) is 59.8 Å². The molecule has 1 fully saturated rings. The van der Waals surface area contributed by atoms with Crippen LogP contribution >= 0.6 is 0 Å². The number of rotatable bonds is 7. The first-order valence-electron chi connectivity index (χ1n) is 6.75. The van der Waals surface area contributed by atoms with Crippen molar-refractivity contribution in [1.29, 1.82) is 0 Å². The Kier molecular flexibility index (Phi) is 4.97. The van der Waals surface area contributed by atoms with E-state index >= 15 is 0 Å². The molecule has 2 atom stereocenters. The molecular formula is C14H26O2. The molecule has 0 heterocycles. The van der Waals surface area contributed by atoms with Gasteiger partial charge in [-0.05, 0) is 25.2 Å². The number of carbonyl (C=O) groups is 1. The third-order valence-corrected chi connectivity index (χ3v) is 4.17. The van der Waals surface area contributed by atoms with Crippen LogP contribution in [0.4, 0.5) is 0 Å². The lowest BCUT2D eigenvalue weighted by molar-refractivity contribution is -0.166. The molecule has 2 unspecified atom stereocenters. The van der Waals surface area contributed by atoms with Crippen LogP contribution in [0.3, 0.4) is 0 Å². The Balaban J connectivity index is 2.41. The second-order valence-electron chi connectivity index (χ2n) is 5.21. The average molecular weight is 226 g/mol. The summed E-state index contributed by atoms with van der Waals surface area (Å²) in [5.41, 5.74) is -0.147. The summed E-state index contributed by atoms with van der Waals surface area (Å²) in [4.78, 5) is 11.7. The van der Waals surface area contributed by atoms with Crippen LogP contribution in [0, 0.1) is 11.3 Å². The van der Waals surface area contributed by atoms with E-state index in [4.69, 9.17) is 4.74 Å². The number of ketones is 1. The largest absolute Gasteiger partial charge is 0.376 e. The molecule has 0 spiro atoms. The number of Topliss-reactive ketones (excluding diaryl/α,β-unsaturated/α-hetero) is 1. The van der Waals surface area contributed by atoms with Gasteiger partial charge in [0.1, 0.15) is 5.78 Å². The summed E-state index contributed by atoms with van der Waals surface area (Å²) in [6, 6.07) is 0. The molecule has 94 valence electrons. The summed E-state index contributed by atoms with van der Waals surface area (Å²) < 4.78 is 5.94. The van der Waals surface area contributed by atoms with Crippen molar-refractivity contribution in [3.63, 3.8) is 0 Å². The molecule has 0 aromatic carbocycles. The van der Waals surface area contributed by atoms with Crippen LogP contribution in [-0.2, 0) is 9.53 Å². The molecule has 1 saturated carbocycles. The first kappa shape index (κ1) is 13.7. The standard InChI is InChI=1S/C14H26O2/c1-5-8-11(4)10-16-13-9-12(15)14(13,6-2)7-3/h11,13H,5-10H2,1-4H3. The smallest absolute Gasteiger partial charge is 0.144 e. The number of hydrogen-bond acceptors (Lipinski definition) is 2. The lowest BCUT2D eigenvalue weighted by Crippen LogP contribution is -2.54. The quantitative estimate of drug-likeness (QED) is 0.663. The highest BCUT2D eigenvalue weighted by atomic mass is 16.5. The van der Waals surface area contributed by atoms with Crippen molar-refractivity contribution < 1.29 is 9.53 Å². The van der Waals surface area contributed by atoms with Gasteiger partial charge in [0.2, 0.25) is 0 Å². The second-order valence-corrected chi connectivity index (χ2v) is 5.21. The van der Waals surface area contributed by atoms with E-state index in [2.05, 4.69) is 27.7 Å². The Hall–Kier alpha value is -0.370. The van der Waals surface area contributed by atoms with Gasteiger partial charge in [-0.15, -0.1) is 0 Å². The van der Waals surface area contributed by atoms with Gasteiger partial charge in [-0.25, -0.2) is 0 Å². The number of carbonyl (C=O) groups excluding carboxylic acids is 1. The topological polar surface area (TPSA) is 26.3 Å². The average Bonchev–Trinajstić information content (AvgIpc) is 2.26. The lowest BCUT2D eigenvalue weighted by Gasteiger charge is -2.46. The zero-order valence-electron chi connectivity index (χ0n) is 11.2. The monoisotopic (exact) mass is 226 g/mol. The fourth-order valence-corrected chi connectivity index (χ4v) is 2.79. The van der Waals surface area contributed by atoms with Crippen molar-refractivity contribution in [2.75, 3.05) is 6.61 Å². The maximum Gasteiger partial charge on any atom is 0.144 e. The van der Waals surface area contributed by atoms with Crippen molar-refractivity contribution in [1.82, 2.24) is 0 Å². The minimum Gasteiger partial charge on any atom is -0.376 e. The SMILES string of the molecule is CCCC(C)COC1CC(=O)C1(CC)CC. The van der Waals surface area contributed by atoms with E-state index in [0.717, 1.165) is 19.4 Å². The van der Waals surface area contributed by atoms with Crippen molar-refractivity contribution in [2.45, 2.75) is 65.9 Å². The van der Waals surface area contributed by atoms with E-state index in [0.29, 0.717) is 18.1 Å². The van der Waals surface area contributed by atoms with E-state index in [1.165, 1.54) is 12.8 Å². The van der Waals surface area contributed by atoms with E-state index in [1.54, 1.807) is 0 Å². The third-order valence-electron chi connectivity index (χ3n) is 4.17. The molecule has 0 aliphatic heterocycles. The van der Waals surface area contributed by atoms with Crippen LogP contribution in [0.5, 0.6) is 0 Å². The highest BCUT2D eigenvalue weighted by molar-refractivity contribution is 5.92. The van der Waals surface area contributed by atoms with Gasteiger partial charge in [0.15, 0.2) is 0 Å². The highest BCUT2D eigenvalue weighted by Crippen LogP contribution is 2.45. The molecule has 0 aromatic rings. The summed E-state index contributed by atoms with van der Waals surface area (Å²) in [5.74, 6) is 1.03. The molecule has 0 amide bonds. The molecule has 1 aliphatic carbocycles. The molecule has 0 saturated heterocycles. The normalized spacial score (nSPS) is 25.2. The highest BCUT2D eigenvalue weighted by Gasteiger charge is 2.52. The van der Waals surface area contributed by atoms with Crippen LogP contribution < -0.4 is 0 Å². The maximum absolute atomic E-state index is 11.7. The molecule has 0 N–H and O–H groups in total. The fourth-order valence-electron chi connectivity index (χ4n) is 2.79. The first-order valence-corrected chi connectivity index (χ1v) is 6.75. The maximum atomic E-state index is 11.7. The Morgan fingerprint density at radius 2 is 2.00 bits per heavy atom. The van der Waals surface area contributed by atoms with Crippen molar-refractivity contribution in [3.05, 3.63) is 0 Å². The molecule has 1 aliphatic rings. The van der Waals surface area contributed by atoms with Crippen LogP contribution in [0.15, 0.2) is 0 Å². The molecule has 16 heavy (non-hydrogen) atoms. The molecular weight excluding hydrogens is 200 g/mol. The van der Waals surface area contributed by atoms with Gasteiger partial charge < -0.3 is 4.74 Å². The molecule has 0 aromatic heterocycles. The van der Waals surface area contributed by atoms with E-state index in [1.807, 2.05) is 0 Å². The third kappa shape index (κ3) is 2.48. The molecule has 1 rings (SSSR count). The number of ether oxygens (including phenoxy) is 1. The zero-order chi connectivity index (χ0) is 12.2. The van der Waals surface area contributed by atoms with Crippen LogP contribution in [-0.4, -0.2) is 18.5 Å². The summed E-state index contributed by atoms with van der Waals surface area (Å²) in [6.45, 7) is 9.45.